The second kappa shape index (κ2) is 8.93. The minimum Gasteiger partial charge on any atom is -0.508 e. The van der Waals surface area contributed by atoms with E-state index in [-0.39, 0.29) is 18.2 Å². The molecule has 1 atom stereocenters. The molecule has 5 heteroatoms. The van der Waals surface area contributed by atoms with E-state index in [1.54, 1.807) is 48.4 Å². The number of amides is 1. The zero-order valence-electron chi connectivity index (χ0n) is 13.9. The molecule has 2 rings (SSSR count). The van der Waals surface area contributed by atoms with Crippen LogP contribution < -0.4 is 0 Å². The summed E-state index contributed by atoms with van der Waals surface area (Å²) in [5.74, 6) is 0.686. The predicted octanol–water partition coefficient (Wildman–Crippen LogP) is 3.50. The Morgan fingerprint density at radius 3 is 2.79 bits per heavy atom. The van der Waals surface area contributed by atoms with Gasteiger partial charge in [-0.05, 0) is 31.5 Å². The quantitative estimate of drug-likeness (QED) is 0.565. The van der Waals surface area contributed by atoms with Crippen LogP contribution in [0.4, 0.5) is 0 Å². The van der Waals surface area contributed by atoms with Gasteiger partial charge in [0.15, 0.2) is 0 Å². The summed E-state index contributed by atoms with van der Waals surface area (Å²) in [6.45, 7) is 6.40. The molecule has 1 unspecified atom stereocenters. The Labute approximate surface area is 142 Å². The largest absolute Gasteiger partial charge is 0.508 e. The first-order chi connectivity index (χ1) is 11.6. The highest BCUT2D eigenvalue weighted by atomic mass is 16.5. The van der Waals surface area contributed by atoms with Gasteiger partial charge in [0.05, 0.1) is 19.4 Å². The molecule has 24 heavy (non-hydrogen) atoms. The topological polar surface area (TPSA) is 62.9 Å². The normalized spacial score (nSPS) is 11.9. The standard InChI is InChI=1S/C19H23NO4/c1-3-4-11-23-15(2)19(22)20(14-17-9-7-12-24-17)13-16-8-5-6-10-18(16)21/h3,5-10,12,15,21H,1,4,11,13-14H2,2H3. The van der Waals surface area contributed by atoms with Crippen molar-refractivity contribution >= 4 is 5.91 Å². The number of furan rings is 1. The molecule has 0 radical (unpaired) electrons. The molecular weight excluding hydrogens is 306 g/mol. The van der Waals surface area contributed by atoms with Crippen LogP contribution in [0.3, 0.4) is 0 Å². The number of carbonyl (C=O) groups excluding carboxylic acids is 1. The molecule has 0 aliphatic carbocycles. The van der Waals surface area contributed by atoms with E-state index in [0.717, 1.165) is 0 Å². The lowest BCUT2D eigenvalue weighted by Crippen LogP contribution is -2.38. The monoisotopic (exact) mass is 329 g/mol. The van der Waals surface area contributed by atoms with Crippen molar-refractivity contribution in [3.8, 4) is 5.75 Å². The molecule has 5 nitrogen and oxygen atoms in total. The summed E-state index contributed by atoms with van der Waals surface area (Å²) < 4.78 is 10.9. The van der Waals surface area contributed by atoms with Crippen molar-refractivity contribution in [3.05, 3.63) is 66.6 Å². The van der Waals surface area contributed by atoms with Gasteiger partial charge in [0.2, 0.25) is 0 Å². The van der Waals surface area contributed by atoms with Crippen LogP contribution in [0.1, 0.15) is 24.7 Å². The molecule has 0 saturated carbocycles. The summed E-state index contributed by atoms with van der Waals surface area (Å²) in [5, 5.41) is 9.98. The smallest absolute Gasteiger partial charge is 0.252 e. The minimum absolute atomic E-state index is 0.154. The summed E-state index contributed by atoms with van der Waals surface area (Å²) in [6.07, 6.45) is 3.43. The fraction of sp³-hybridized carbons (Fsp3) is 0.316. The maximum Gasteiger partial charge on any atom is 0.252 e. The van der Waals surface area contributed by atoms with Gasteiger partial charge in [-0.2, -0.15) is 0 Å². The van der Waals surface area contributed by atoms with Crippen molar-refractivity contribution in [3.63, 3.8) is 0 Å². The third kappa shape index (κ3) is 4.99. The van der Waals surface area contributed by atoms with Crippen LogP contribution in [-0.4, -0.2) is 28.6 Å². The molecule has 1 amide bonds. The molecule has 0 aliphatic rings. The van der Waals surface area contributed by atoms with Crippen LogP contribution in [0.15, 0.2) is 59.7 Å². The highest BCUT2D eigenvalue weighted by molar-refractivity contribution is 5.80. The Hall–Kier alpha value is -2.53. The van der Waals surface area contributed by atoms with Gasteiger partial charge in [-0.15, -0.1) is 6.58 Å². The first-order valence-corrected chi connectivity index (χ1v) is 7.92. The van der Waals surface area contributed by atoms with E-state index in [9.17, 15) is 9.90 Å². The molecule has 0 fully saturated rings. The van der Waals surface area contributed by atoms with E-state index >= 15 is 0 Å². The van der Waals surface area contributed by atoms with Crippen LogP contribution in [0.2, 0.25) is 0 Å². The SMILES string of the molecule is C=CCCOC(C)C(=O)N(Cc1ccco1)Cc1ccccc1O. The third-order valence-corrected chi connectivity index (χ3v) is 3.63. The van der Waals surface area contributed by atoms with Gasteiger partial charge in [-0.1, -0.05) is 24.3 Å². The minimum atomic E-state index is -0.578. The van der Waals surface area contributed by atoms with Crippen molar-refractivity contribution in [1.82, 2.24) is 4.90 Å². The highest BCUT2D eigenvalue weighted by Crippen LogP contribution is 2.20. The summed E-state index contributed by atoms with van der Waals surface area (Å²) in [5.41, 5.74) is 0.677. The number of phenolic OH excluding ortho intramolecular Hbond substituents is 1. The number of hydrogen-bond donors (Lipinski definition) is 1. The Morgan fingerprint density at radius 2 is 2.12 bits per heavy atom. The van der Waals surface area contributed by atoms with Gasteiger partial charge in [0.25, 0.3) is 5.91 Å². The lowest BCUT2D eigenvalue weighted by atomic mass is 10.1. The summed E-state index contributed by atoms with van der Waals surface area (Å²) in [7, 11) is 0. The van der Waals surface area contributed by atoms with Gasteiger partial charge in [-0.25, -0.2) is 0 Å². The summed E-state index contributed by atoms with van der Waals surface area (Å²) in [4.78, 5) is 14.3. The molecule has 1 aromatic heterocycles. The average molecular weight is 329 g/mol. The van der Waals surface area contributed by atoms with Crippen LogP contribution in [-0.2, 0) is 22.6 Å². The Bertz CT molecular complexity index is 651. The molecule has 0 spiro atoms. The van der Waals surface area contributed by atoms with E-state index in [4.69, 9.17) is 9.15 Å². The van der Waals surface area contributed by atoms with Gasteiger partial charge in [-0.3, -0.25) is 4.79 Å². The second-order valence-electron chi connectivity index (χ2n) is 5.49. The molecule has 2 aromatic rings. The molecule has 0 bridgehead atoms. The zero-order chi connectivity index (χ0) is 17.4. The van der Waals surface area contributed by atoms with Crippen molar-refractivity contribution in [1.29, 1.82) is 0 Å². The molecule has 1 heterocycles. The molecule has 128 valence electrons. The highest BCUT2D eigenvalue weighted by Gasteiger charge is 2.23. The first kappa shape index (κ1) is 17.8. The number of carbonyl (C=O) groups is 1. The number of nitrogens with zero attached hydrogens (tertiary/aromatic N) is 1. The Balaban J connectivity index is 2.11. The molecule has 1 aromatic carbocycles. The van der Waals surface area contributed by atoms with Gasteiger partial charge in [0.1, 0.15) is 17.6 Å². The number of hydrogen-bond acceptors (Lipinski definition) is 4. The molecule has 0 aliphatic heterocycles. The Morgan fingerprint density at radius 1 is 1.33 bits per heavy atom. The molecular formula is C19H23NO4. The van der Waals surface area contributed by atoms with Crippen LogP contribution in [0.5, 0.6) is 5.75 Å². The van der Waals surface area contributed by atoms with Crippen LogP contribution >= 0.6 is 0 Å². The van der Waals surface area contributed by atoms with Crippen molar-refractivity contribution in [2.45, 2.75) is 32.5 Å². The maximum absolute atomic E-state index is 12.7. The van der Waals surface area contributed by atoms with E-state index in [0.29, 0.717) is 30.9 Å². The number of benzene rings is 1. The second-order valence-corrected chi connectivity index (χ2v) is 5.49. The first-order valence-electron chi connectivity index (χ1n) is 7.92. The average Bonchev–Trinajstić information content (AvgIpc) is 3.08. The van der Waals surface area contributed by atoms with Crippen LogP contribution in [0.25, 0.3) is 0 Å². The fourth-order valence-electron chi connectivity index (χ4n) is 2.31. The third-order valence-electron chi connectivity index (χ3n) is 3.63. The van der Waals surface area contributed by atoms with E-state index in [1.807, 2.05) is 12.1 Å². The number of ether oxygens (including phenoxy) is 1. The van der Waals surface area contributed by atoms with Gasteiger partial charge >= 0.3 is 0 Å². The number of aromatic hydroxyl groups is 1. The van der Waals surface area contributed by atoms with E-state index < -0.39 is 6.10 Å². The summed E-state index contributed by atoms with van der Waals surface area (Å²) >= 11 is 0. The predicted molar refractivity (Wildman–Crippen MR) is 91.3 cm³/mol. The van der Waals surface area contributed by atoms with Crippen molar-refractivity contribution < 1.29 is 19.1 Å². The number of para-hydroxylation sites is 1. The molecule has 1 N–H and O–H groups in total. The van der Waals surface area contributed by atoms with Gasteiger partial charge in [0, 0.05) is 12.1 Å². The lowest BCUT2D eigenvalue weighted by Gasteiger charge is -2.25. The summed E-state index contributed by atoms with van der Waals surface area (Å²) in [6, 6.07) is 10.6. The van der Waals surface area contributed by atoms with Crippen molar-refractivity contribution in [2.75, 3.05) is 6.61 Å². The molecule has 0 saturated heterocycles. The zero-order valence-corrected chi connectivity index (χ0v) is 13.9. The lowest BCUT2D eigenvalue weighted by molar-refractivity contribution is -0.144. The van der Waals surface area contributed by atoms with Crippen LogP contribution in [0, 0.1) is 0 Å². The fourth-order valence-corrected chi connectivity index (χ4v) is 2.31. The van der Waals surface area contributed by atoms with E-state index in [1.165, 1.54) is 0 Å². The Kier molecular flexibility index (Phi) is 6.63. The maximum atomic E-state index is 12.7. The number of phenols is 1. The number of rotatable bonds is 9. The van der Waals surface area contributed by atoms with E-state index in [2.05, 4.69) is 6.58 Å². The van der Waals surface area contributed by atoms with Gasteiger partial charge < -0.3 is 19.2 Å². The van der Waals surface area contributed by atoms with Crippen molar-refractivity contribution in [2.24, 2.45) is 0 Å².